The molecule has 4 atom stereocenters. The maximum absolute atomic E-state index is 14.7. The molecule has 1 aromatic heterocycles. The van der Waals surface area contributed by atoms with Gasteiger partial charge in [0.25, 0.3) is 12.3 Å². The predicted octanol–water partition coefficient (Wildman–Crippen LogP) is 3.38. The molecular weight excluding hydrogens is 893 g/mol. The Morgan fingerprint density at radius 1 is 0.884 bits per heavy atom. The van der Waals surface area contributed by atoms with E-state index in [1.165, 1.54) is 32.2 Å². The molecule has 4 unspecified atom stereocenters. The summed E-state index contributed by atoms with van der Waals surface area (Å²) >= 11 is 0. The zero-order valence-electron chi connectivity index (χ0n) is 39.1. The van der Waals surface area contributed by atoms with E-state index in [-0.39, 0.29) is 63.4 Å². The van der Waals surface area contributed by atoms with Gasteiger partial charge in [-0.3, -0.25) is 24.0 Å². The first-order valence-electron chi connectivity index (χ1n) is 22.9. The summed E-state index contributed by atoms with van der Waals surface area (Å²) in [5.41, 5.74) is 19.1. The van der Waals surface area contributed by atoms with Crippen molar-refractivity contribution in [3.63, 3.8) is 0 Å². The molecular formula is C49H61F2N11O7. The van der Waals surface area contributed by atoms with Crippen molar-refractivity contribution in [2.45, 2.75) is 89.4 Å². The van der Waals surface area contributed by atoms with E-state index in [1.54, 1.807) is 48.8 Å². The molecule has 69 heavy (non-hydrogen) atoms. The summed E-state index contributed by atoms with van der Waals surface area (Å²) in [4.78, 5) is 80.1. The Hall–Kier alpha value is -7.08. The van der Waals surface area contributed by atoms with E-state index < -0.39 is 65.7 Å². The molecule has 2 heterocycles. The fraction of sp³-hybridized carbons (Fsp3) is 0.429. The van der Waals surface area contributed by atoms with Crippen LogP contribution in [-0.2, 0) is 32.0 Å². The number of likely N-dealkylation sites (N-methyl/N-ethyl adjacent to an activating group) is 1. The van der Waals surface area contributed by atoms with Gasteiger partial charge < -0.3 is 52.8 Å². The first kappa shape index (κ1) is 52.9. The predicted molar refractivity (Wildman–Crippen MR) is 254 cm³/mol. The summed E-state index contributed by atoms with van der Waals surface area (Å²) in [6.45, 7) is 3.56. The monoisotopic (exact) mass is 953 g/mol. The van der Waals surface area contributed by atoms with Crippen LogP contribution in [0.4, 0.5) is 8.78 Å². The highest BCUT2D eigenvalue weighted by atomic mass is 19.3. The Labute approximate surface area is 400 Å². The molecule has 10 N–H and O–H groups in total. The number of halogens is 2. The lowest BCUT2D eigenvalue weighted by molar-refractivity contribution is -0.141. The second-order valence-electron chi connectivity index (χ2n) is 16.5. The van der Waals surface area contributed by atoms with Gasteiger partial charge in [-0.25, -0.2) is 18.7 Å². The lowest BCUT2D eigenvalue weighted by Crippen LogP contribution is -2.56. The number of carbonyl (C=O) groups excluding carboxylic acids is 5. The molecule has 0 saturated carbocycles. The fourth-order valence-corrected chi connectivity index (χ4v) is 7.84. The molecule has 1 aliphatic heterocycles. The average molecular weight is 954 g/mol. The molecule has 0 saturated heterocycles. The molecule has 368 valence electrons. The van der Waals surface area contributed by atoms with Crippen LogP contribution in [0.5, 0.6) is 11.5 Å². The number of alkyl halides is 2. The number of nitrogens with two attached hydrogens (primary N) is 3. The Kier molecular flexibility index (Phi) is 19.8. The number of aryl methyl sites for hydroxylation is 1. The molecule has 0 spiro atoms. The maximum Gasteiger partial charge on any atom is 0.264 e. The number of hydrogen-bond acceptors (Lipinski definition) is 13. The second kappa shape index (κ2) is 25.9. The SMILES string of the molecule is CCCCCCc1ncc(-c2ccc(C(=O)NC(CCN)C(=O)N(C)C3C(=O)NC(C)C(=O)NC(C(=O)NCC#N)Cc4ccc(OCCN)c(c4)-c4cc3ccc4OCCN)c(C(F)F)c2)cn1. The zero-order valence-corrected chi connectivity index (χ0v) is 39.1. The molecule has 0 aliphatic carbocycles. The third-order valence-corrected chi connectivity index (χ3v) is 11.4. The molecule has 0 radical (unpaired) electrons. The van der Waals surface area contributed by atoms with Gasteiger partial charge in [0.2, 0.25) is 23.6 Å². The number of nitrogens with one attached hydrogen (secondary N) is 4. The number of carbonyl (C=O) groups is 5. The molecule has 3 aromatic carbocycles. The summed E-state index contributed by atoms with van der Waals surface area (Å²) in [5.74, 6) is -2.75. The number of nitriles is 1. The molecule has 0 fully saturated rings. The van der Waals surface area contributed by atoms with Crippen LogP contribution in [0.1, 0.15) is 91.3 Å². The average Bonchev–Trinajstić information content (AvgIpc) is 3.35. The molecule has 4 bridgehead atoms. The van der Waals surface area contributed by atoms with Gasteiger partial charge in [-0.1, -0.05) is 44.4 Å². The van der Waals surface area contributed by atoms with E-state index in [9.17, 15) is 32.8 Å². The first-order chi connectivity index (χ1) is 33.2. The van der Waals surface area contributed by atoms with Crippen molar-refractivity contribution in [3.8, 4) is 39.8 Å². The molecule has 4 aromatic rings. The van der Waals surface area contributed by atoms with Crippen molar-refractivity contribution in [2.24, 2.45) is 17.2 Å². The molecule has 20 heteroatoms. The fourth-order valence-electron chi connectivity index (χ4n) is 7.84. The molecule has 1 aliphatic rings. The number of nitrogens with zero attached hydrogens (tertiary/aromatic N) is 4. The van der Waals surface area contributed by atoms with E-state index in [1.807, 2.05) is 6.07 Å². The minimum Gasteiger partial charge on any atom is -0.492 e. The third-order valence-electron chi connectivity index (χ3n) is 11.4. The number of ether oxygens (including phenoxy) is 2. The van der Waals surface area contributed by atoms with Gasteiger partial charge in [-0.15, -0.1) is 0 Å². The third kappa shape index (κ3) is 14.0. The number of benzene rings is 3. The van der Waals surface area contributed by atoms with Crippen LogP contribution in [0.25, 0.3) is 22.3 Å². The number of hydrogen-bond donors (Lipinski definition) is 7. The maximum atomic E-state index is 14.7. The highest BCUT2D eigenvalue weighted by molar-refractivity contribution is 6.00. The minimum atomic E-state index is -3.08. The number of amides is 5. The highest BCUT2D eigenvalue weighted by Gasteiger charge is 2.36. The van der Waals surface area contributed by atoms with Crippen LogP contribution in [0, 0.1) is 11.3 Å². The molecule has 18 nitrogen and oxygen atoms in total. The van der Waals surface area contributed by atoms with Crippen molar-refractivity contribution in [1.29, 1.82) is 5.26 Å². The second-order valence-corrected chi connectivity index (χ2v) is 16.5. The Morgan fingerprint density at radius 3 is 2.20 bits per heavy atom. The molecule has 5 rings (SSSR count). The molecule has 5 amide bonds. The number of rotatable bonds is 21. The van der Waals surface area contributed by atoms with Crippen LogP contribution in [0.3, 0.4) is 0 Å². The Morgan fingerprint density at radius 2 is 1.57 bits per heavy atom. The summed E-state index contributed by atoms with van der Waals surface area (Å²) in [6.07, 6.45) is 4.68. The number of unbranched alkanes of at least 4 members (excludes halogenated alkanes) is 3. The minimum absolute atomic E-state index is 0.0361. The van der Waals surface area contributed by atoms with Crippen molar-refractivity contribution in [3.05, 3.63) is 95.1 Å². The van der Waals surface area contributed by atoms with Gasteiger partial charge in [0.1, 0.15) is 61.2 Å². The first-order valence-corrected chi connectivity index (χ1v) is 22.9. The van der Waals surface area contributed by atoms with Gasteiger partial charge in [-0.05, 0) is 79.4 Å². The van der Waals surface area contributed by atoms with Crippen molar-refractivity contribution < 1.29 is 42.2 Å². The smallest absolute Gasteiger partial charge is 0.264 e. The zero-order chi connectivity index (χ0) is 50.0. The quantitative estimate of drug-likeness (QED) is 0.0467. The van der Waals surface area contributed by atoms with E-state index >= 15 is 0 Å². The van der Waals surface area contributed by atoms with Crippen LogP contribution in [-0.4, -0.2) is 109 Å². The summed E-state index contributed by atoms with van der Waals surface area (Å²) in [7, 11) is 1.32. The summed E-state index contributed by atoms with van der Waals surface area (Å²) in [6, 6.07) is 10.2. The Balaban J connectivity index is 1.54. The van der Waals surface area contributed by atoms with E-state index in [0.29, 0.717) is 51.6 Å². The highest BCUT2D eigenvalue weighted by Crippen LogP contribution is 2.40. The van der Waals surface area contributed by atoms with Crippen LogP contribution in [0.2, 0.25) is 0 Å². The Bertz CT molecular complexity index is 2470. The summed E-state index contributed by atoms with van der Waals surface area (Å²) < 4.78 is 41.6. The van der Waals surface area contributed by atoms with Gasteiger partial charge in [0, 0.05) is 73.2 Å². The van der Waals surface area contributed by atoms with Gasteiger partial charge in [0.05, 0.1) is 6.07 Å². The normalized spacial score (nSPS) is 16.3. The van der Waals surface area contributed by atoms with Crippen molar-refractivity contribution in [2.75, 3.05) is 46.4 Å². The lowest BCUT2D eigenvalue weighted by atomic mass is 9.93. The van der Waals surface area contributed by atoms with Crippen LogP contribution in [0.15, 0.2) is 67.0 Å². The van der Waals surface area contributed by atoms with E-state index in [0.717, 1.165) is 30.6 Å². The van der Waals surface area contributed by atoms with Crippen LogP contribution >= 0.6 is 0 Å². The van der Waals surface area contributed by atoms with E-state index in [4.69, 9.17) is 31.9 Å². The van der Waals surface area contributed by atoms with E-state index in [2.05, 4.69) is 38.2 Å². The number of aromatic nitrogens is 2. The van der Waals surface area contributed by atoms with Crippen LogP contribution < -0.4 is 47.9 Å². The lowest BCUT2D eigenvalue weighted by Gasteiger charge is -2.32. The van der Waals surface area contributed by atoms with Gasteiger partial charge >= 0.3 is 0 Å². The van der Waals surface area contributed by atoms with Gasteiger partial charge in [0.15, 0.2) is 0 Å². The standard InChI is InChI=1S/C49H61F2N11O7/c1-4-5-6-7-8-42-57-27-33(28-58-42)31-10-12-34(37(25-31)44(50)51)46(64)60-38(15-16-52)49(67)62(3)43-32-11-14-41(69-22-19-55)36(26-32)35-23-30(9-13-40(35)68-21-18-54)24-39(47(65)56-20-17-53)61-45(63)29(2)59-48(43)66/h9-14,23,25-29,38-39,43-44H,4-8,15-16,18-22,24,52,54-55H2,1-3H3,(H,56,65)(H,59,66)(H,60,64)(H,61,63). The van der Waals surface area contributed by atoms with Gasteiger partial charge in [-0.2, -0.15) is 5.26 Å². The van der Waals surface area contributed by atoms with Crippen molar-refractivity contribution >= 4 is 29.5 Å². The van der Waals surface area contributed by atoms with Crippen molar-refractivity contribution in [1.82, 2.24) is 36.1 Å². The summed E-state index contributed by atoms with van der Waals surface area (Å²) in [5, 5.41) is 19.5. The largest absolute Gasteiger partial charge is 0.492 e. The number of fused-ring (bicyclic) bond motifs is 5. The topological polar surface area (TPSA) is 283 Å².